The van der Waals surface area contributed by atoms with Crippen LogP contribution in [0, 0.1) is 0 Å². The van der Waals surface area contributed by atoms with E-state index in [2.05, 4.69) is 0 Å². The maximum absolute atomic E-state index is 12.6. The highest BCUT2D eigenvalue weighted by molar-refractivity contribution is 7.89. The van der Waals surface area contributed by atoms with Crippen molar-refractivity contribution in [3.05, 3.63) is 18.0 Å². The van der Waals surface area contributed by atoms with Gasteiger partial charge in [-0.25, -0.2) is 8.42 Å². The normalized spacial score (nSPS) is 13.1. The van der Waals surface area contributed by atoms with Gasteiger partial charge < -0.3 is 4.57 Å². The summed E-state index contributed by atoms with van der Waals surface area (Å²) in [6.07, 6.45) is -2.96. The van der Waals surface area contributed by atoms with E-state index in [0.29, 0.717) is 23.0 Å². The lowest BCUT2D eigenvalue weighted by atomic mass is 10.5. The van der Waals surface area contributed by atoms with Crippen LogP contribution in [0.1, 0.15) is 26.0 Å². The monoisotopic (exact) mass is 346 g/mol. The van der Waals surface area contributed by atoms with E-state index < -0.39 is 22.7 Å². The van der Waals surface area contributed by atoms with Gasteiger partial charge in [-0.1, -0.05) is 6.92 Å². The molecule has 0 unspecified atom stereocenters. The summed E-state index contributed by atoms with van der Waals surface area (Å²) in [7, 11) is -4.18. The number of alkyl halides is 4. The average molecular weight is 347 g/mol. The van der Waals surface area contributed by atoms with Crippen molar-refractivity contribution in [1.29, 1.82) is 0 Å². The number of halogens is 4. The van der Waals surface area contributed by atoms with E-state index in [-0.39, 0.29) is 17.3 Å². The molecule has 0 N–H and O–H groups in total. The molecule has 0 bridgehead atoms. The smallest absolute Gasteiger partial charge is 0.349 e. The van der Waals surface area contributed by atoms with Crippen LogP contribution in [0.3, 0.4) is 0 Å². The second-order valence-corrected chi connectivity index (χ2v) is 6.75. The van der Waals surface area contributed by atoms with E-state index in [1.165, 1.54) is 12.3 Å². The first-order valence-electron chi connectivity index (χ1n) is 6.47. The highest BCUT2D eigenvalue weighted by atomic mass is 35.5. The molecule has 0 saturated carbocycles. The SMILES string of the molecule is CCCN(CC(F)(F)F)S(=O)(=O)c1cc(CCl)n(CC)c1. The maximum Gasteiger partial charge on any atom is 0.402 e. The number of aryl methyl sites for hydroxylation is 1. The van der Waals surface area contributed by atoms with Gasteiger partial charge in [0.1, 0.15) is 11.4 Å². The van der Waals surface area contributed by atoms with E-state index >= 15 is 0 Å². The molecule has 4 nitrogen and oxygen atoms in total. The summed E-state index contributed by atoms with van der Waals surface area (Å²) < 4.78 is 64.5. The predicted octanol–water partition coefficient (Wildman–Crippen LogP) is 3.21. The molecule has 21 heavy (non-hydrogen) atoms. The Bertz CT molecular complexity index is 548. The lowest BCUT2D eigenvalue weighted by Gasteiger charge is -2.22. The predicted molar refractivity (Wildman–Crippen MR) is 74.8 cm³/mol. The highest BCUT2D eigenvalue weighted by Crippen LogP contribution is 2.25. The summed E-state index contributed by atoms with van der Waals surface area (Å²) in [5.74, 6) is 0.0937. The minimum atomic E-state index is -4.58. The van der Waals surface area contributed by atoms with Gasteiger partial charge in [0.05, 0.1) is 5.88 Å². The minimum Gasteiger partial charge on any atom is -0.349 e. The first-order chi connectivity index (χ1) is 9.65. The molecule has 0 aromatic carbocycles. The zero-order chi connectivity index (χ0) is 16.3. The number of sulfonamides is 1. The molecule has 1 rings (SSSR count). The largest absolute Gasteiger partial charge is 0.402 e. The quantitative estimate of drug-likeness (QED) is 0.711. The molecule has 1 aromatic heterocycles. The van der Waals surface area contributed by atoms with Crippen LogP contribution in [0.15, 0.2) is 17.2 Å². The third-order valence-electron chi connectivity index (χ3n) is 2.90. The van der Waals surface area contributed by atoms with Crippen LogP contribution in [-0.2, 0) is 22.4 Å². The fourth-order valence-electron chi connectivity index (χ4n) is 1.95. The van der Waals surface area contributed by atoms with Crippen molar-refractivity contribution in [2.24, 2.45) is 0 Å². The van der Waals surface area contributed by atoms with E-state index in [1.807, 2.05) is 0 Å². The van der Waals surface area contributed by atoms with Gasteiger partial charge in [-0.2, -0.15) is 17.5 Å². The molecule has 0 aliphatic heterocycles. The van der Waals surface area contributed by atoms with Crippen LogP contribution in [0.25, 0.3) is 0 Å². The lowest BCUT2D eigenvalue weighted by molar-refractivity contribution is -0.136. The third kappa shape index (κ3) is 4.62. The van der Waals surface area contributed by atoms with Crippen LogP contribution in [0.2, 0.25) is 0 Å². The number of hydrogen-bond acceptors (Lipinski definition) is 2. The van der Waals surface area contributed by atoms with Gasteiger partial charge in [-0.15, -0.1) is 11.6 Å². The summed E-state index contributed by atoms with van der Waals surface area (Å²) in [6.45, 7) is 2.24. The number of hydrogen-bond donors (Lipinski definition) is 0. The Morgan fingerprint density at radius 1 is 1.33 bits per heavy atom. The first-order valence-corrected chi connectivity index (χ1v) is 8.45. The molecule has 0 aliphatic rings. The van der Waals surface area contributed by atoms with Gasteiger partial charge in [0.2, 0.25) is 10.0 Å². The molecule has 1 heterocycles. The zero-order valence-electron chi connectivity index (χ0n) is 11.8. The fourth-order valence-corrected chi connectivity index (χ4v) is 3.77. The summed E-state index contributed by atoms with van der Waals surface area (Å²) >= 11 is 5.71. The van der Waals surface area contributed by atoms with E-state index in [9.17, 15) is 21.6 Å². The molecular formula is C12H18ClF3N2O2S. The Kier molecular flexibility index (Phi) is 6.12. The van der Waals surface area contributed by atoms with Crippen LogP contribution in [0.5, 0.6) is 0 Å². The Morgan fingerprint density at radius 3 is 2.33 bits per heavy atom. The van der Waals surface area contributed by atoms with Crippen molar-refractivity contribution in [2.75, 3.05) is 13.1 Å². The Hall–Kier alpha value is -0.730. The maximum atomic E-state index is 12.6. The van der Waals surface area contributed by atoms with E-state index in [1.54, 1.807) is 18.4 Å². The summed E-state index contributed by atoms with van der Waals surface area (Å²) in [6, 6.07) is 1.32. The molecule has 0 saturated heterocycles. The molecule has 0 fully saturated rings. The highest BCUT2D eigenvalue weighted by Gasteiger charge is 2.37. The molecule has 122 valence electrons. The zero-order valence-corrected chi connectivity index (χ0v) is 13.4. The fraction of sp³-hybridized carbons (Fsp3) is 0.667. The molecular weight excluding hydrogens is 329 g/mol. The van der Waals surface area contributed by atoms with Crippen molar-refractivity contribution in [1.82, 2.24) is 8.87 Å². The van der Waals surface area contributed by atoms with Gasteiger partial charge >= 0.3 is 6.18 Å². The van der Waals surface area contributed by atoms with Gasteiger partial charge in [-0.05, 0) is 19.4 Å². The molecule has 0 spiro atoms. The second-order valence-electron chi connectivity index (χ2n) is 4.54. The van der Waals surface area contributed by atoms with Crippen molar-refractivity contribution in [2.45, 2.75) is 43.8 Å². The summed E-state index contributed by atoms with van der Waals surface area (Å²) in [5, 5.41) is 0. The Morgan fingerprint density at radius 2 is 1.95 bits per heavy atom. The molecule has 0 amide bonds. The van der Waals surface area contributed by atoms with Gasteiger partial charge in [0.15, 0.2) is 0 Å². The van der Waals surface area contributed by atoms with Gasteiger partial charge in [0, 0.05) is 25.0 Å². The second kappa shape index (κ2) is 7.02. The van der Waals surface area contributed by atoms with Crippen molar-refractivity contribution < 1.29 is 21.6 Å². The van der Waals surface area contributed by atoms with E-state index in [0.717, 1.165) is 0 Å². The first kappa shape index (κ1) is 18.3. The third-order valence-corrected chi connectivity index (χ3v) is 4.99. The van der Waals surface area contributed by atoms with Crippen molar-refractivity contribution in [3.8, 4) is 0 Å². The summed E-state index contributed by atoms with van der Waals surface area (Å²) in [5.41, 5.74) is 0.557. The molecule has 0 aliphatic carbocycles. The number of aromatic nitrogens is 1. The Labute approximate surface area is 127 Å². The average Bonchev–Trinajstić information content (AvgIpc) is 2.80. The van der Waals surface area contributed by atoms with Crippen LogP contribution >= 0.6 is 11.6 Å². The van der Waals surface area contributed by atoms with Gasteiger partial charge in [0.25, 0.3) is 0 Å². The standard InChI is InChI=1S/C12H18ClF3N2O2S/c1-3-5-18(9-12(14,15)16)21(19,20)11-6-10(7-13)17(4-2)8-11/h6,8H,3-5,7,9H2,1-2H3. The van der Waals surface area contributed by atoms with E-state index in [4.69, 9.17) is 11.6 Å². The lowest BCUT2D eigenvalue weighted by Crippen LogP contribution is -2.39. The summed E-state index contributed by atoms with van der Waals surface area (Å²) in [4.78, 5) is -0.155. The van der Waals surface area contributed by atoms with Gasteiger partial charge in [-0.3, -0.25) is 0 Å². The molecule has 1 aromatic rings. The number of rotatable bonds is 7. The topological polar surface area (TPSA) is 42.3 Å². The molecule has 0 radical (unpaired) electrons. The number of nitrogens with zero attached hydrogens (tertiary/aromatic N) is 2. The van der Waals surface area contributed by atoms with Crippen LogP contribution < -0.4 is 0 Å². The molecule has 0 atom stereocenters. The molecule has 9 heteroatoms. The van der Waals surface area contributed by atoms with Crippen LogP contribution in [-0.4, -0.2) is 36.6 Å². The Balaban J connectivity index is 3.19. The van der Waals surface area contributed by atoms with Crippen molar-refractivity contribution in [3.63, 3.8) is 0 Å². The van der Waals surface area contributed by atoms with Crippen molar-refractivity contribution >= 4 is 21.6 Å². The minimum absolute atomic E-state index is 0.0937. The van der Waals surface area contributed by atoms with Crippen LogP contribution in [0.4, 0.5) is 13.2 Å².